The number of carbonyl (C=O) groups is 2. The first-order chi connectivity index (χ1) is 11.7. The van der Waals surface area contributed by atoms with E-state index in [0.29, 0.717) is 30.2 Å². The average molecular weight is 321 g/mol. The third kappa shape index (κ3) is 2.65. The van der Waals surface area contributed by atoms with Crippen LogP contribution in [0.5, 0.6) is 11.5 Å². The number of Topliss-reactive ketones (excluding diaryl/α,β-unsaturated/α-hetero) is 1. The summed E-state index contributed by atoms with van der Waals surface area (Å²) in [5.74, 6) is 0.452. The van der Waals surface area contributed by atoms with Gasteiger partial charge in [0.05, 0.1) is 6.54 Å². The Morgan fingerprint density at radius 2 is 1.79 bits per heavy atom. The van der Waals surface area contributed by atoms with Crippen LogP contribution in [0.15, 0.2) is 54.1 Å². The summed E-state index contributed by atoms with van der Waals surface area (Å²) in [5, 5.41) is 0. The summed E-state index contributed by atoms with van der Waals surface area (Å²) in [5.41, 5.74) is 2.31. The van der Waals surface area contributed by atoms with Crippen LogP contribution in [0.4, 0.5) is 0 Å². The van der Waals surface area contributed by atoms with Crippen LogP contribution in [0.25, 0.3) is 6.08 Å². The van der Waals surface area contributed by atoms with E-state index >= 15 is 0 Å². The molecule has 5 heteroatoms. The molecule has 0 radical (unpaired) electrons. The number of ether oxygens (including phenoxy) is 2. The van der Waals surface area contributed by atoms with Gasteiger partial charge in [0.15, 0.2) is 11.5 Å². The van der Waals surface area contributed by atoms with Gasteiger partial charge in [0, 0.05) is 12.1 Å². The van der Waals surface area contributed by atoms with Crippen molar-refractivity contribution in [2.45, 2.75) is 6.54 Å². The van der Waals surface area contributed by atoms with E-state index in [-0.39, 0.29) is 6.79 Å². The second-order valence-electron chi connectivity index (χ2n) is 5.76. The van der Waals surface area contributed by atoms with Crippen molar-refractivity contribution in [1.82, 2.24) is 4.90 Å². The largest absolute Gasteiger partial charge is 0.454 e. The lowest BCUT2D eigenvalue weighted by atomic mass is 10.1. The normalized spacial score (nSPS) is 17.8. The molecule has 0 N–H and O–H groups in total. The highest BCUT2D eigenvalue weighted by molar-refractivity contribution is 6.45. The van der Waals surface area contributed by atoms with Crippen LogP contribution in [-0.4, -0.2) is 29.9 Å². The highest BCUT2D eigenvalue weighted by Gasteiger charge is 2.33. The van der Waals surface area contributed by atoms with Crippen molar-refractivity contribution in [1.29, 1.82) is 0 Å². The van der Waals surface area contributed by atoms with Gasteiger partial charge in [-0.25, -0.2) is 0 Å². The second-order valence-corrected chi connectivity index (χ2v) is 5.76. The zero-order chi connectivity index (χ0) is 16.5. The van der Waals surface area contributed by atoms with Crippen molar-refractivity contribution in [2.24, 2.45) is 0 Å². The first-order valence-corrected chi connectivity index (χ1v) is 7.68. The second kappa shape index (κ2) is 5.85. The molecule has 5 nitrogen and oxygen atoms in total. The zero-order valence-electron chi connectivity index (χ0n) is 12.9. The molecule has 0 unspecified atom stereocenters. The van der Waals surface area contributed by atoms with Gasteiger partial charge in [-0.2, -0.15) is 0 Å². The molecule has 0 aromatic heterocycles. The number of rotatable bonds is 3. The highest BCUT2D eigenvalue weighted by atomic mass is 16.7. The van der Waals surface area contributed by atoms with Crippen LogP contribution < -0.4 is 9.47 Å². The zero-order valence-corrected chi connectivity index (χ0v) is 12.9. The van der Waals surface area contributed by atoms with E-state index in [1.165, 1.54) is 0 Å². The van der Waals surface area contributed by atoms with E-state index in [0.717, 1.165) is 11.1 Å². The lowest BCUT2D eigenvalue weighted by molar-refractivity contribution is -0.139. The van der Waals surface area contributed by atoms with Gasteiger partial charge in [0.25, 0.3) is 5.91 Å². The van der Waals surface area contributed by atoms with Crippen LogP contribution in [0, 0.1) is 0 Å². The van der Waals surface area contributed by atoms with E-state index in [1.807, 2.05) is 42.5 Å². The number of fused-ring (bicyclic) bond motifs is 1. The number of likely N-dealkylation sites (tertiary alicyclic amines) is 1. The molecule has 2 aromatic carbocycles. The molecule has 120 valence electrons. The van der Waals surface area contributed by atoms with Gasteiger partial charge >= 0.3 is 0 Å². The lowest BCUT2D eigenvalue weighted by Gasteiger charge is -2.13. The van der Waals surface area contributed by atoms with Crippen LogP contribution >= 0.6 is 0 Å². The van der Waals surface area contributed by atoms with Gasteiger partial charge < -0.3 is 14.4 Å². The number of hydrogen-bond acceptors (Lipinski definition) is 4. The van der Waals surface area contributed by atoms with Gasteiger partial charge in [-0.3, -0.25) is 9.59 Å². The molecule has 1 fully saturated rings. The standard InChI is InChI=1S/C19H15NO4/c21-18-15(8-14-6-7-16-17(9-14)24-12-23-16)11-20(19(18)22)10-13-4-2-1-3-5-13/h1-9H,10-12H2. The van der Waals surface area contributed by atoms with Crippen LogP contribution in [0.1, 0.15) is 11.1 Å². The number of amides is 1. The predicted molar refractivity (Wildman–Crippen MR) is 87.4 cm³/mol. The molecular weight excluding hydrogens is 306 g/mol. The maximum Gasteiger partial charge on any atom is 0.295 e. The minimum absolute atomic E-state index is 0.206. The highest BCUT2D eigenvalue weighted by Crippen LogP contribution is 2.33. The molecule has 0 aliphatic carbocycles. The van der Waals surface area contributed by atoms with Gasteiger partial charge in [-0.15, -0.1) is 0 Å². The monoisotopic (exact) mass is 321 g/mol. The fourth-order valence-electron chi connectivity index (χ4n) is 2.88. The van der Waals surface area contributed by atoms with Gasteiger partial charge in [0.2, 0.25) is 12.6 Å². The van der Waals surface area contributed by atoms with Crippen molar-refractivity contribution in [2.75, 3.05) is 13.3 Å². The Balaban J connectivity index is 1.56. The molecule has 2 aliphatic rings. The Kier molecular flexibility index (Phi) is 3.54. The topological polar surface area (TPSA) is 55.8 Å². The number of carbonyl (C=O) groups excluding carboxylic acids is 2. The van der Waals surface area contributed by atoms with E-state index in [1.54, 1.807) is 17.0 Å². The number of benzene rings is 2. The molecule has 2 aromatic rings. The average Bonchev–Trinajstić information content (AvgIpc) is 3.16. The maximum atomic E-state index is 12.2. The summed E-state index contributed by atoms with van der Waals surface area (Å²) in [7, 11) is 0. The summed E-state index contributed by atoms with van der Waals surface area (Å²) in [4.78, 5) is 26.0. The van der Waals surface area contributed by atoms with Crippen molar-refractivity contribution in [3.05, 3.63) is 65.2 Å². The Morgan fingerprint density at radius 3 is 2.62 bits per heavy atom. The third-order valence-corrected chi connectivity index (χ3v) is 4.09. The molecule has 24 heavy (non-hydrogen) atoms. The van der Waals surface area contributed by atoms with E-state index in [9.17, 15) is 9.59 Å². The Bertz CT molecular complexity index is 842. The van der Waals surface area contributed by atoms with Crippen molar-refractivity contribution < 1.29 is 19.1 Å². The van der Waals surface area contributed by atoms with Gasteiger partial charge in [-0.05, 0) is 29.3 Å². The molecule has 1 saturated heterocycles. The van der Waals surface area contributed by atoms with Gasteiger partial charge in [-0.1, -0.05) is 36.4 Å². The fraction of sp³-hybridized carbons (Fsp3) is 0.158. The summed E-state index contributed by atoms with van der Waals surface area (Å²) in [6.07, 6.45) is 1.74. The van der Waals surface area contributed by atoms with Gasteiger partial charge in [0.1, 0.15) is 0 Å². The minimum Gasteiger partial charge on any atom is -0.454 e. The summed E-state index contributed by atoms with van der Waals surface area (Å²) >= 11 is 0. The SMILES string of the molecule is O=C1C(=O)N(Cc2ccccc2)CC1=Cc1ccc2c(c1)OCO2. The molecular formula is C19H15NO4. The lowest BCUT2D eigenvalue weighted by Crippen LogP contribution is -2.26. The van der Waals surface area contributed by atoms with Crippen LogP contribution in [0.2, 0.25) is 0 Å². The Hall–Kier alpha value is -3.08. The molecule has 4 rings (SSSR count). The molecule has 2 heterocycles. The minimum atomic E-state index is -0.453. The van der Waals surface area contributed by atoms with Crippen LogP contribution in [-0.2, 0) is 16.1 Å². The summed E-state index contributed by atoms with van der Waals surface area (Å²) < 4.78 is 10.6. The number of ketones is 1. The first kappa shape index (κ1) is 14.5. The van der Waals surface area contributed by atoms with E-state index < -0.39 is 11.7 Å². The van der Waals surface area contributed by atoms with Crippen molar-refractivity contribution in [3.8, 4) is 11.5 Å². The van der Waals surface area contributed by atoms with Crippen LogP contribution in [0.3, 0.4) is 0 Å². The molecule has 0 spiro atoms. The van der Waals surface area contributed by atoms with E-state index in [2.05, 4.69) is 0 Å². The fourth-order valence-corrected chi connectivity index (χ4v) is 2.88. The molecule has 0 bridgehead atoms. The van der Waals surface area contributed by atoms with E-state index in [4.69, 9.17) is 9.47 Å². The van der Waals surface area contributed by atoms with Crippen molar-refractivity contribution >= 4 is 17.8 Å². The number of hydrogen-bond donors (Lipinski definition) is 0. The third-order valence-electron chi connectivity index (χ3n) is 4.09. The van der Waals surface area contributed by atoms with Crippen molar-refractivity contribution in [3.63, 3.8) is 0 Å². The quantitative estimate of drug-likeness (QED) is 0.643. The summed E-state index contributed by atoms with van der Waals surface area (Å²) in [6, 6.07) is 15.1. The predicted octanol–water partition coefficient (Wildman–Crippen LogP) is 2.41. The smallest absolute Gasteiger partial charge is 0.295 e. The Labute approximate surface area is 139 Å². The molecule has 0 atom stereocenters. The first-order valence-electron chi connectivity index (χ1n) is 7.68. The molecule has 2 aliphatic heterocycles. The molecule has 0 saturated carbocycles. The number of nitrogens with zero attached hydrogens (tertiary/aromatic N) is 1. The maximum absolute atomic E-state index is 12.2. The molecule has 1 amide bonds. The summed E-state index contributed by atoms with van der Waals surface area (Å²) in [6.45, 7) is 0.961. The Morgan fingerprint density at radius 1 is 1.00 bits per heavy atom.